The molecule has 0 saturated heterocycles. The van der Waals surface area contributed by atoms with Gasteiger partial charge in [0.25, 0.3) is 0 Å². The Balaban J connectivity index is 1.24. The van der Waals surface area contributed by atoms with Gasteiger partial charge in [0.15, 0.2) is 0 Å². The van der Waals surface area contributed by atoms with E-state index in [0.29, 0.717) is 18.1 Å². The lowest BCUT2D eigenvalue weighted by molar-refractivity contribution is -0.0706. The van der Waals surface area contributed by atoms with Gasteiger partial charge < -0.3 is 10.1 Å². The fourth-order valence-corrected chi connectivity index (χ4v) is 7.78. The van der Waals surface area contributed by atoms with Crippen molar-refractivity contribution in [2.24, 2.45) is 23.2 Å². The van der Waals surface area contributed by atoms with E-state index in [0.717, 1.165) is 30.0 Å². The quantitative estimate of drug-likeness (QED) is 0.413. The number of rotatable bonds is 7. The molecule has 1 unspecified atom stereocenters. The van der Waals surface area contributed by atoms with Crippen molar-refractivity contribution < 1.29 is 4.74 Å². The first-order chi connectivity index (χ1) is 16.1. The van der Waals surface area contributed by atoms with Crippen LogP contribution in [0.3, 0.4) is 0 Å². The maximum Gasteiger partial charge on any atom is 0.124 e. The summed E-state index contributed by atoms with van der Waals surface area (Å²) >= 11 is 0. The predicted molar refractivity (Wildman–Crippen MR) is 136 cm³/mol. The summed E-state index contributed by atoms with van der Waals surface area (Å²) in [6.45, 7) is 6.08. The fourth-order valence-electron chi connectivity index (χ4n) is 7.78. The maximum absolute atomic E-state index is 6.43. The minimum atomic E-state index is 0.516. The van der Waals surface area contributed by atoms with Gasteiger partial charge in [0.2, 0.25) is 0 Å². The van der Waals surface area contributed by atoms with Crippen molar-refractivity contribution in [1.29, 1.82) is 0 Å². The van der Waals surface area contributed by atoms with Gasteiger partial charge in [-0.3, -0.25) is 0 Å². The van der Waals surface area contributed by atoms with Crippen molar-refractivity contribution in [2.45, 2.75) is 71.6 Å². The number of hydrogen-bond acceptors (Lipinski definition) is 2. The Morgan fingerprint density at radius 3 is 2.36 bits per heavy atom. The Morgan fingerprint density at radius 1 is 0.909 bits per heavy atom. The Labute approximate surface area is 198 Å². The number of fused-ring (bicyclic) bond motifs is 1. The van der Waals surface area contributed by atoms with E-state index in [1.54, 1.807) is 0 Å². The van der Waals surface area contributed by atoms with E-state index in [1.165, 1.54) is 66.0 Å². The second-order valence-electron chi connectivity index (χ2n) is 11.4. The Kier molecular flexibility index (Phi) is 5.45. The molecule has 0 amide bonds. The minimum absolute atomic E-state index is 0.516. The average Bonchev–Trinajstić information content (AvgIpc) is 2.80. The van der Waals surface area contributed by atoms with Crippen LogP contribution < -0.4 is 10.1 Å². The standard InChI is InChI=1S/C31H37NO/c1-21-6-5-7-23(12-21)20-33-30-11-10-27-8-3-4-9-28(27)29(30)19-32-22(2)31-16-24-13-25(17-31)15-26(14-24)18-31/h3-12,22,24-26,32H,13-20H2,1-2H3. The molecule has 3 aromatic carbocycles. The number of hydrogen-bond donors (Lipinski definition) is 1. The molecule has 4 aliphatic rings. The molecule has 2 nitrogen and oxygen atoms in total. The van der Waals surface area contributed by atoms with Crippen molar-refractivity contribution in [3.8, 4) is 5.75 Å². The monoisotopic (exact) mass is 439 g/mol. The van der Waals surface area contributed by atoms with Crippen LogP contribution in [0.15, 0.2) is 60.7 Å². The number of nitrogens with one attached hydrogen (secondary N) is 1. The molecule has 2 heteroatoms. The summed E-state index contributed by atoms with van der Waals surface area (Å²) in [6, 6.07) is 22.3. The van der Waals surface area contributed by atoms with Crippen LogP contribution in [0, 0.1) is 30.1 Å². The normalized spacial score (nSPS) is 28.8. The Bertz CT molecular complexity index is 1110. The second-order valence-corrected chi connectivity index (χ2v) is 11.4. The topological polar surface area (TPSA) is 21.3 Å². The summed E-state index contributed by atoms with van der Waals surface area (Å²) in [5, 5.41) is 6.62. The molecule has 1 N–H and O–H groups in total. The van der Waals surface area contributed by atoms with Crippen molar-refractivity contribution in [2.75, 3.05) is 0 Å². The highest BCUT2D eigenvalue weighted by Gasteiger charge is 2.52. The summed E-state index contributed by atoms with van der Waals surface area (Å²) in [7, 11) is 0. The van der Waals surface area contributed by atoms with Gasteiger partial charge in [0, 0.05) is 18.2 Å². The molecule has 172 valence electrons. The molecule has 0 aromatic heterocycles. The highest BCUT2D eigenvalue weighted by Crippen LogP contribution is 2.61. The van der Waals surface area contributed by atoms with Crippen LogP contribution in [0.4, 0.5) is 0 Å². The lowest BCUT2D eigenvalue weighted by atomic mass is 9.48. The van der Waals surface area contributed by atoms with Crippen LogP contribution in [-0.2, 0) is 13.2 Å². The molecule has 0 heterocycles. The van der Waals surface area contributed by atoms with Gasteiger partial charge in [-0.1, -0.05) is 60.2 Å². The van der Waals surface area contributed by atoms with Gasteiger partial charge in [0.05, 0.1) is 0 Å². The first-order valence-corrected chi connectivity index (χ1v) is 13.0. The lowest BCUT2D eigenvalue weighted by Crippen LogP contribution is -2.54. The SMILES string of the molecule is Cc1cccc(COc2ccc3ccccc3c2CNC(C)C23CC4CC(CC(C4)C2)C3)c1. The number of ether oxygens (including phenoxy) is 1. The molecule has 33 heavy (non-hydrogen) atoms. The minimum Gasteiger partial charge on any atom is -0.489 e. The van der Waals surface area contributed by atoms with Gasteiger partial charge in [0.1, 0.15) is 12.4 Å². The molecular weight excluding hydrogens is 402 g/mol. The fraction of sp³-hybridized carbons (Fsp3) is 0.484. The molecule has 0 spiro atoms. The van der Waals surface area contributed by atoms with Gasteiger partial charge in [-0.25, -0.2) is 0 Å². The third-order valence-corrected chi connectivity index (χ3v) is 9.06. The first kappa shape index (κ1) is 21.2. The summed E-state index contributed by atoms with van der Waals surface area (Å²) in [5.74, 6) is 3.99. The van der Waals surface area contributed by atoms with Crippen molar-refractivity contribution >= 4 is 10.8 Å². The molecule has 4 aliphatic carbocycles. The van der Waals surface area contributed by atoms with E-state index in [9.17, 15) is 0 Å². The molecule has 7 rings (SSSR count). The van der Waals surface area contributed by atoms with Crippen molar-refractivity contribution in [3.63, 3.8) is 0 Å². The molecule has 0 radical (unpaired) electrons. The van der Waals surface area contributed by atoms with Crippen LogP contribution in [-0.4, -0.2) is 6.04 Å². The summed E-state index contributed by atoms with van der Waals surface area (Å²) < 4.78 is 6.43. The first-order valence-electron chi connectivity index (χ1n) is 13.0. The van der Waals surface area contributed by atoms with Crippen LogP contribution >= 0.6 is 0 Å². The molecule has 3 aromatic rings. The highest BCUT2D eigenvalue weighted by atomic mass is 16.5. The van der Waals surface area contributed by atoms with Gasteiger partial charge in [-0.05, 0) is 97.9 Å². The zero-order valence-corrected chi connectivity index (χ0v) is 20.1. The van der Waals surface area contributed by atoms with Crippen molar-refractivity contribution in [1.82, 2.24) is 5.32 Å². The Hall–Kier alpha value is -2.32. The van der Waals surface area contributed by atoms with E-state index in [-0.39, 0.29) is 0 Å². The van der Waals surface area contributed by atoms with Gasteiger partial charge >= 0.3 is 0 Å². The number of benzene rings is 3. The van der Waals surface area contributed by atoms with Gasteiger partial charge in [-0.2, -0.15) is 0 Å². The molecule has 4 bridgehead atoms. The van der Waals surface area contributed by atoms with E-state index in [4.69, 9.17) is 4.74 Å². The molecule has 1 atom stereocenters. The van der Waals surface area contributed by atoms with E-state index in [1.807, 2.05) is 0 Å². The zero-order chi connectivity index (χ0) is 22.4. The van der Waals surface area contributed by atoms with E-state index >= 15 is 0 Å². The summed E-state index contributed by atoms with van der Waals surface area (Å²) in [4.78, 5) is 0. The van der Waals surface area contributed by atoms with E-state index in [2.05, 4.69) is 79.8 Å². The summed E-state index contributed by atoms with van der Waals surface area (Å²) in [5.41, 5.74) is 4.32. The highest BCUT2D eigenvalue weighted by molar-refractivity contribution is 5.87. The maximum atomic E-state index is 6.43. The van der Waals surface area contributed by atoms with Crippen molar-refractivity contribution in [3.05, 3.63) is 77.4 Å². The van der Waals surface area contributed by atoms with Crippen LogP contribution in [0.1, 0.15) is 62.1 Å². The second kappa shape index (κ2) is 8.47. The lowest BCUT2D eigenvalue weighted by Gasteiger charge is -2.59. The van der Waals surface area contributed by atoms with Gasteiger partial charge in [-0.15, -0.1) is 0 Å². The summed E-state index contributed by atoms with van der Waals surface area (Å²) in [6.07, 6.45) is 8.85. The van der Waals surface area contributed by atoms with E-state index < -0.39 is 0 Å². The largest absolute Gasteiger partial charge is 0.489 e. The third-order valence-electron chi connectivity index (χ3n) is 9.06. The molecule has 4 fully saturated rings. The zero-order valence-electron chi connectivity index (χ0n) is 20.1. The van der Waals surface area contributed by atoms with Crippen LogP contribution in [0.25, 0.3) is 10.8 Å². The van der Waals surface area contributed by atoms with Crippen LogP contribution in [0.5, 0.6) is 5.75 Å². The smallest absolute Gasteiger partial charge is 0.124 e. The van der Waals surface area contributed by atoms with Crippen LogP contribution in [0.2, 0.25) is 0 Å². The molecular formula is C31H37NO. The Morgan fingerprint density at radius 2 is 1.64 bits per heavy atom. The number of aryl methyl sites for hydroxylation is 1. The third kappa shape index (κ3) is 4.08. The molecule has 4 saturated carbocycles. The molecule has 0 aliphatic heterocycles. The average molecular weight is 440 g/mol. The predicted octanol–water partition coefficient (Wildman–Crippen LogP) is 7.42.